The molecular formula is C13H11F3N6O4S. The second kappa shape index (κ2) is 5.68. The summed E-state index contributed by atoms with van der Waals surface area (Å²) in [6.45, 7) is -0.274. The van der Waals surface area contributed by atoms with Crippen LogP contribution in [0.5, 0.6) is 0 Å². The molecule has 10 nitrogen and oxygen atoms in total. The number of aryl methyl sites for hydroxylation is 1. The Bertz CT molecular complexity index is 899. The minimum Gasteiger partial charge on any atom is -0.477 e. The van der Waals surface area contributed by atoms with Gasteiger partial charge in [-0.15, -0.1) is 5.10 Å². The number of carbonyl (C=O) groups is 3. The Morgan fingerprint density at radius 2 is 2.04 bits per heavy atom. The summed E-state index contributed by atoms with van der Waals surface area (Å²) in [6, 6.07) is -2.04. The Balaban J connectivity index is 1.68. The van der Waals surface area contributed by atoms with Crippen molar-refractivity contribution < 1.29 is 32.7 Å². The third-order valence-electron chi connectivity index (χ3n) is 4.82. The maximum atomic E-state index is 12.8. The lowest BCUT2D eigenvalue weighted by Crippen LogP contribution is -2.69. The number of carboxylic acids is 1. The van der Waals surface area contributed by atoms with Gasteiger partial charge in [0.05, 0.1) is 6.04 Å². The quantitative estimate of drug-likeness (QED) is 0.676. The molecule has 2 amide bonds. The molecule has 0 radical (unpaired) electrons. The Kier molecular flexibility index (Phi) is 3.73. The van der Waals surface area contributed by atoms with Gasteiger partial charge >= 0.3 is 18.1 Å². The van der Waals surface area contributed by atoms with Crippen molar-refractivity contribution in [2.75, 3.05) is 6.54 Å². The number of halogens is 3. The van der Waals surface area contributed by atoms with E-state index in [2.05, 4.69) is 15.5 Å². The largest absolute Gasteiger partial charge is 0.477 e. The monoisotopic (exact) mass is 404 g/mol. The first-order valence-corrected chi connectivity index (χ1v) is 8.50. The van der Waals surface area contributed by atoms with Crippen LogP contribution in [0.15, 0.2) is 15.8 Å². The molecule has 0 unspecified atom stereocenters. The van der Waals surface area contributed by atoms with Gasteiger partial charge in [0.25, 0.3) is 5.91 Å². The van der Waals surface area contributed by atoms with Crippen LogP contribution in [-0.2, 0) is 21.4 Å². The lowest BCUT2D eigenvalue weighted by Gasteiger charge is -2.49. The minimum absolute atomic E-state index is 0.103. The Hall–Kier alpha value is -2.64. The van der Waals surface area contributed by atoms with Crippen LogP contribution >= 0.6 is 11.8 Å². The highest BCUT2D eigenvalue weighted by Crippen LogP contribution is 2.50. The highest BCUT2D eigenvalue weighted by Gasteiger charge is 2.66. The molecule has 0 aliphatic carbocycles. The van der Waals surface area contributed by atoms with Crippen molar-refractivity contribution in [2.45, 2.75) is 29.8 Å². The van der Waals surface area contributed by atoms with Gasteiger partial charge in [-0.3, -0.25) is 14.5 Å². The number of carbonyl (C=O) groups excluding carboxylic acids is 2. The second-order valence-electron chi connectivity index (χ2n) is 6.33. The van der Waals surface area contributed by atoms with E-state index in [1.807, 2.05) is 0 Å². The molecule has 2 saturated heterocycles. The molecule has 14 heteroatoms. The zero-order valence-electron chi connectivity index (χ0n) is 13.5. The van der Waals surface area contributed by atoms with Crippen molar-refractivity contribution in [3.63, 3.8) is 0 Å². The first-order chi connectivity index (χ1) is 12.6. The van der Waals surface area contributed by atoms with Crippen LogP contribution in [-0.4, -0.2) is 77.7 Å². The van der Waals surface area contributed by atoms with Gasteiger partial charge in [0.15, 0.2) is 0 Å². The number of hydrogen-bond acceptors (Lipinski definition) is 7. The van der Waals surface area contributed by atoms with E-state index in [1.54, 1.807) is 7.05 Å². The summed E-state index contributed by atoms with van der Waals surface area (Å²) in [6.07, 6.45) is -5.00. The number of amides is 2. The number of aromatic nitrogens is 4. The van der Waals surface area contributed by atoms with Gasteiger partial charge in [-0.2, -0.15) is 13.2 Å². The standard InChI is InChI=1S/C13H11F3N6O4S/c1-20-12(17-18-19-20)27-5-2-4-3-21(11(26)13(14,15)16)8-6(4)22(9(8)23)7(5)10(24)25/h4,6,8H,2-3H2,1H3,(H,24,25)/t4-,6-,8+/m1/s1. The molecule has 3 atom stereocenters. The summed E-state index contributed by atoms with van der Waals surface area (Å²) in [5.74, 6) is -4.78. The molecule has 1 aromatic heterocycles. The summed E-state index contributed by atoms with van der Waals surface area (Å²) >= 11 is 0.935. The molecule has 0 bridgehead atoms. The lowest BCUT2D eigenvalue weighted by atomic mass is 9.82. The van der Waals surface area contributed by atoms with Gasteiger partial charge < -0.3 is 10.0 Å². The Labute approximate surface area is 153 Å². The van der Waals surface area contributed by atoms with Crippen molar-refractivity contribution in [1.82, 2.24) is 30.0 Å². The molecule has 0 spiro atoms. The molecule has 1 aromatic rings. The molecule has 1 N–H and O–H groups in total. The number of likely N-dealkylation sites (tertiary alicyclic amines) is 1. The van der Waals surface area contributed by atoms with E-state index in [4.69, 9.17) is 0 Å². The van der Waals surface area contributed by atoms with Crippen LogP contribution in [0.2, 0.25) is 0 Å². The van der Waals surface area contributed by atoms with E-state index >= 15 is 0 Å². The van der Waals surface area contributed by atoms with Gasteiger partial charge in [-0.25, -0.2) is 9.48 Å². The van der Waals surface area contributed by atoms with E-state index in [9.17, 15) is 32.7 Å². The first-order valence-electron chi connectivity index (χ1n) is 7.68. The van der Waals surface area contributed by atoms with Crippen molar-refractivity contribution in [1.29, 1.82) is 0 Å². The number of allylic oxidation sites excluding steroid dienone is 1. The summed E-state index contributed by atoms with van der Waals surface area (Å²) in [5.41, 5.74) is -0.299. The number of rotatable bonds is 3. The zero-order valence-corrected chi connectivity index (χ0v) is 14.4. The maximum absolute atomic E-state index is 12.8. The van der Waals surface area contributed by atoms with Gasteiger partial charge in [0, 0.05) is 24.4 Å². The third kappa shape index (κ3) is 2.49. The zero-order chi connectivity index (χ0) is 19.7. The number of carboxylic acid groups (broad SMARTS) is 1. The minimum atomic E-state index is -5.10. The molecule has 3 aliphatic rings. The smallest absolute Gasteiger partial charge is 0.471 e. The van der Waals surface area contributed by atoms with Crippen molar-refractivity contribution in [3.05, 3.63) is 10.6 Å². The van der Waals surface area contributed by atoms with Crippen molar-refractivity contribution >= 4 is 29.5 Å². The fraction of sp³-hybridized carbons (Fsp3) is 0.538. The third-order valence-corrected chi connectivity index (χ3v) is 5.95. The summed E-state index contributed by atoms with van der Waals surface area (Å²) in [7, 11) is 1.54. The van der Waals surface area contributed by atoms with Gasteiger partial charge in [0.1, 0.15) is 11.7 Å². The average Bonchev–Trinajstić information content (AvgIpc) is 3.13. The van der Waals surface area contributed by atoms with E-state index < -0.39 is 42.0 Å². The topological polar surface area (TPSA) is 122 Å². The Morgan fingerprint density at radius 1 is 1.33 bits per heavy atom. The molecule has 2 fully saturated rings. The number of hydrogen-bond donors (Lipinski definition) is 1. The number of nitrogens with zero attached hydrogens (tertiary/aromatic N) is 6. The van der Waals surface area contributed by atoms with Crippen molar-refractivity contribution in [2.24, 2.45) is 13.0 Å². The van der Waals surface area contributed by atoms with Crippen LogP contribution in [0.25, 0.3) is 0 Å². The number of tetrazole rings is 1. The molecule has 4 rings (SSSR count). The number of alkyl halides is 3. The lowest BCUT2D eigenvalue weighted by molar-refractivity contribution is -0.190. The normalized spacial score (nSPS) is 27.0. The summed E-state index contributed by atoms with van der Waals surface area (Å²) in [5, 5.41) is 20.6. The van der Waals surface area contributed by atoms with Crippen molar-refractivity contribution in [3.8, 4) is 0 Å². The summed E-state index contributed by atoms with van der Waals surface area (Å²) < 4.78 is 39.8. The van der Waals surface area contributed by atoms with E-state index in [1.165, 1.54) is 4.68 Å². The number of thioether (sulfide) groups is 1. The summed E-state index contributed by atoms with van der Waals surface area (Å²) in [4.78, 5) is 37.6. The number of β-lactam (4-membered cyclic amide) rings is 1. The van der Waals surface area contributed by atoms with Gasteiger partial charge in [-0.1, -0.05) is 11.8 Å². The molecule has 3 aliphatic heterocycles. The predicted molar refractivity (Wildman–Crippen MR) is 79.6 cm³/mol. The van der Waals surface area contributed by atoms with Crippen LogP contribution in [0, 0.1) is 5.92 Å². The van der Waals surface area contributed by atoms with E-state index in [0.717, 1.165) is 16.7 Å². The van der Waals surface area contributed by atoms with Gasteiger partial charge in [0.2, 0.25) is 5.16 Å². The molecule has 27 heavy (non-hydrogen) atoms. The van der Waals surface area contributed by atoms with E-state index in [-0.39, 0.29) is 28.7 Å². The van der Waals surface area contributed by atoms with Crippen LogP contribution in [0.3, 0.4) is 0 Å². The SMILES string of the molecule is Cn1nnnc1SC1=C(C(=O)O)N2C(=O)[C@@H]3[C@H]2[C@H](C1)CN3C(=O)C(F)(F)F. The highest BCUT2D eigenvalue weighted by molar-refractivity contribution is 8.03. The van der Waals surface area contributed by atoms with Gasteiger partial charge in [-0.05, 0) is 16.8 Å². The molecule has 144 valence electrons. The predicted octanol–water partition coefficient (Wildman–Crippen LogP) is -0.398. The Morgan fingerprint density at radius 3 is 2.59 bits per heavy atom. The molecular weight excluding hydrogens is 393 g/mol. The number of aliphatic carboxylic acids is 1. The van der Waals surface area contributed by atoms with Crippen LogP contribution in [0.1, 0.15) is 6.42 Å². The molecule has 4 heterocycles. The highest BCUT2D eigenvalue weighted by atomic mass is 32.2. The maximum Gasteiger partial charge on any atom is 0.471 e. The molecule has 0 saturated carbocycles. The van der Waals surface area contributed by atoms with E-state index in [0.29, 0.717) is 4.90 Å². The molecule has 0 aromatic carbocycles. The fourth-order valence-electron chi connectivity index (χ4n) is 3.77. The average molecular weight is 404 g/mol. The van der Waals surface area contributed by atoms with Crippen LogP contribution in [0.4, 0.5) is 13.2 Å². The second-order valence-corrected chi connectivity index (χ2v) is 7.39. The fourth-order valence-corrected chi connectivity index (χ4v) is 4.82. The van der Waals surface area contributed by atoms with Crippen LogP contribution < -0.4 is 0 Å². The first kappa shape index (κ1) is 17.8.